The first-order valence-corrected chi connectivity index (χ1v) is 10.4. The van der Waals surface area contributed by atoms with Crippen molar-refractivity contribution >= 4 is 39.2 Å². The van der Waals surface area contributed by atoms with Crippen LogP contribution in [0.5, 0.6) is 0 Å². The average molecular weight is 429 g/mol. The maximum atomic E-state index is 12.3. The number of aliphatic hydroxyl groups excluding tert-OH is 1. The minimum absolute atomic E-state index is 0.316. The van der Waals surface area contributed by atoms with Gasteiger partial charge < -0.3 is 20.8 Å². The van der Waals surface area contributed by atoms with Crippen LogP contribution in [-0.4, -0.2) is 44.2 Å². The highest BCUT2D eigenvalue weighted by Crippen LogP contribution is 2.29. The number of rotatable bonds is 8. The Balaban J connectivity index is 1.69. The largest absolute Gasteiger partial charge is 0.480 e. The highest BCUT2D eigenvalue weighted by Gasteiger charge is 2.25. The van der Waals surface area contributed by atoms with Crippen LogP contribution in [0.1, 0.15) is 40.5 Å². The number of hydrogen-bond acceptors (Lipinski definition) is 7. The fourth-order valence-electron chi connectivity index (χ4n) is 2.96. The number of fused-ring (bicyclic) bond motifs is 1. The van der Waals surface area contributed by atoms with E-state index in [0.29, 0.717) is 17.9 Å². The first-order valence-electron chi connectivity index (χ1n) is 9.60. The third-order valence-electron chi connectivity index (χ3n) is 4.62. The smallest absolute Gasteiger partial charge is 0.328 e. The summed E-state index contributed by atoms with van der Waals surface area (Å²) < 4.78 is 0. The molecule has 3 rings (SSSR count). The van der Waals surface area contributed by atoms with Gasteiger partial charge in [0, 0.05) is 17.0 Å². The molecule has 1 aromatic carbocycles. The maximum absolute atomic E-state index is 12.3. The minimum Gasteiger partial charge on any atom is -0.480 e. The third-order valence-corrected chi connectivity index (χ3v) is 5.79. The van der Waals surface area contributed by atoms with E-state index in [9.17, 15) is 14.7 Å². The Bertz CT molecular complexity index is 1060. The van der Waals surface area contributed by atoms with Gasteiger partial charge in [-0.15, -0.1) is 11.3 Å². The zero-order valence-corrected chi connectivity index (χ0v) is 17.8. The third kappa shape index (κ3) is 4.92. The fraction of sp³-hybridized carbons (Fsp3) is 0.333. The first-order chi connectivity index (χ1) is 14.3. The van der Waals surface area contributed by atoms with Crippen molar-refractivity contribution in [2.24, 2.45) is 0 Å². The number of carboxylic acid groups (broad SMARTS) is 1. The van der Waals surface area contributed by atoms with E-state index in [1.165, 1.54) is 11.8 Å². The van der Waals surface area contributed by atoms with E-state index in [2.05, 4.69) is 33.6 Å². The van der Waals surface area contributed by atoms with E-state index in [1.54, 1.807) is 35.6 Å². The van der Waals surface area contributed by atoms with Gasteiger partial charge in [0.1, 0.15) is 16.5 Å². The molecule has 30 heavy (non-hydrogen) atoms. The molecule has 0 bridgehead atoms. The molecule has 158 valence electrons. The van der Waals surface area contributed by atoms with Crippen LogP contribution in [-0.2, 0) is 17.8 Å². The molecule has 0 fully saturated rings. The molecule has 0 saturated carbocycles. The first kappa shape index (κ1) is 21.7. The molecule has 0 radical (unpaired) electrons. The van der Waals surface area contributed by atoms with Gasteiger partial charge in [0.2, 0.25) is 0 Å². The second-order valence-electron chi connectivity index (χ2n) is 6.98. The Morgan fingerprint density at radius 2 is 1.90 bits per heavy atom. The molecule has 0 saturated heterocycles. The van der Waals surface area contributed by atoms with Crippen molar-refractivity contribution in [3.63, 3.8) is 0 Å². The highest BCUT2D eigenvalue weighted by atomic mass is 32.1. The van der Waals surface area contributed by atoms with Crippen LogP contribution >= 0.6 is 11.3 Å². The zero-order valence-electron chi connectivity index (χ0n) is 17.0. The average Bonchev–Trinajstić information content (AvgIpc) is 3.13. The SMILES string of the molecule is CCc1cc2c(NCc3ccc(C(=O)NC(C(=O)O)C(C)O)cc3)nc(C)nc2s1. The summed E-state index contributed by atoms with van der Waals surface area (Å²) in [7, 11) is 0. The van der Waals surface area contributed by atoms with Crippen molar-refractivity contribution < 1.29 is 19.8 Å². The van der Waals surface area contributed by atoms with Gasteiger partial charge in [0.05, 0.1) is 11.5 Å². The van der Waals surface area contributed by atoms with Gasteiger partial charge in [0.25, 0.3) is 5.91 Å². The van der Waals surface area contributed by atoms with Crippen LogP contribution in [0, 0.1) is 6.92 Å². The topological polar surface area (TPSA) is 124 Å². The highest BCUT2D eigenvalue weighted by molar-refractivity contribution is 7.18. The van der Waals surface area contributed by atoms with Crippen LogP contribution in [0.15, 0.2) is 30.3 Å². The van der Waals surface area contributed by atoms with Gasteiger partial charge in [-0.2, -0.15) is 0 Å². The number of nitrogens with one attached hydrogen (secondary N) is 2. The molecule has 8 nitrogen and oxygen atoms in total. The van der Waals surface area contributed by atoms with Gasteiger partial charge in [-0.1, -0.05) is 19.1 Å². The van der Waals surface area contributed by atoms with Crippen molar-refractivity contribution in [3.05, 3.63) is 52.2 Å². The number of amides is 1. The molecule has 2 atom stereocenters. The van der Waals surface area contributed by atoms with Gasteiger partial charge in [-0.25, -0.2) is 14.8 Å². The number of carboxylic acids is 1. The summed E-state index contributed by atoms with van der Waals surface area (Å²) in [6.45, 7) is 5.80. The van der Waals surface area contributed by atoms with Crippen LogP contribution in [0.25, 0.3) is 10.2 Å². The lowest BCUT2D eigenvalue weighted by Crippen LogP contribution is -2.47. The summed E-state index contributed by atoms with van der Waals surface area (Å²) in [5.74, 6) is -0.365. The number of aryl methyl sites for hydroxylation is 2. The van der Waals surface area contributed by atoms with Crippen molar-refractivity contribution in [1.82, 2.24) is 15.3 Å². The second kappa shape index (κ2) is 9.19. The Morgan fingerprint density at radius 3 is 2.50 bits per heavy atom. The summed E-state index contributed by atoms with van der Waals surface area (Å²) >= 11 is 1.67. The van der Waals surface area contributed by atoms with Crippen molar-refractivity contribution in [2.45, 2.75) is 45.9 Å². The summed E-state index contributed by atoms with van der Waals surface area (Å²) in [5.41, 5.74) is 1.25. The predicted molar refractivity (Wildman–Crippen MR) is 116 cm³/mol. The number of nitrogens with zero attached hydrogens (tertiary/aromatic N) is 2. The van der Waals surface area contributed by atoms with Gasteiger partial charge >= 0.3 is 5.97 Å². The molecule has 0 aliphatic heterocycles. The Labute approximate surface area is 178 Å². The Morgan fingerprint density at radius 1 is 1.20 bits per heavy atom. The number of aliphatic carboxylic acids is 1. The predicted octanol–water partition coefficient (Wildman–Crippen LogP) is 2.74. The van der Waals surface area contributed by atoms with Crippen molar-refractivity contribution in [1.29, 1.82) is 0 Å². The van der Waals surface area contributed by atoms with E-state index >= 15 is 0 Å². The summed E-state index contributed by atoms with van der Waals surface area (Å²) in [5, 5.41) is 25.2. The standard InChI is InChI=1S/C21H24N4O4S/c1-4-15-9-16-18(23-12(3)24-20(16)30-15)22-10-13-5-7-14(8-6-13)19(27)25-17(11(2)26)21(28)29/h5-9,11,17,26H,4,10H2,1-3H3,(H,25,27)(H,28,29)(H,22,23,24). The monoisotopic (exact) mass is 428 g/mol. The zero-order chi connectivity index (χ0) is 21.8. The molecule has 1 amide bonds. The number of hydrogen-bond donors (Lipinski definition) is 4. The number of aliphatic hydroxyl groups is 1. The molecule has 0 spiro atoms. The van der Waals surface area contributed by atoms with Gasteiger partial charge in [-0.3, -0.25) is 4.79 Å². The van der Waals surface area contributed by atoms with E-state index in [0.717, 1.165) is 28.0 Å². The van der Waals surface area contributed by atoms with Crippen LogP contribution < -0.4 is 10.6 Å². The van der Waals surface area contributed by atoms with E-state index in [4.69, 9.17) is 5.11 Å². The molecule has 2 heterocycles. The number of thiophene rings is 1. The summed E-state index contributed by atoms with van der Waals surface area (Å²) in [4.78, 5) is 34.6. The Hall–Kier alpha value is -3.04. The molecule has 2 aromatic heterocycles. The molecule has 9 heteroatoms. The van der Waals surface area contributed by atoms with E-state index in [1.807, 2.05) is 6.92 Å². The lowest BCUT2D eigenvalue weighted by atomic mass is 10.1. The summed E-state index contributed by atoms with van der Waals surface area (Å²) in [6.07, 6.45) is -0.255. The van der Waals surface area contributed by atoms with E-state index < -0.39 is 24.0 Å². The quantitative estimate of drug-likeness (QED) is 0.435. The molecular weight excluding hydrogens is 404 g/mol. The molecule has 2 unspecified atom stereocenters. The number of anilines is 1. The molecule has 0 aliphatic carbocycles. The summed E-state index contributed by atoms with van der Waals surface area (Å²) in [6, 6.07) is 7.56. The molecule has 3 aromatic rings. The lowest BCUT2D eigenvalue weighted by molar-refractivity contribution is -0.141. The number of aromatic nitrogens is 2. The van der Waals surface area contributed by atoms with Gasteiger partial charge in [0.15, 0.2) is 6.04 Å². The lowest BCUT2D eigenvalue weighted by Gasteiger charge is -2.17. The maximum Gasteiger partial charge on any atom is 0.328 e. The van der Waals surface area contributed by atoms with Crippen molar-refractivity contribution in [2.75, 3.05) is 5.32 Å². The van der Waals surface area contributed by atoms with Crippen molar-refractivity contribution in [3.8, 4) is 0 Å². The molecule has 0 aliphatic rings. The van der Waals surface area contributed by atoms with Crippen LogP contribution in [0.3, 0.4) is 0 Å². The normalized spacial score (nSPS) is 13.1. The fourth-order valence-corrected chi connectivity index (χ4v) is 3.97. The van der Waals surface area contributed by atoms with Crippen LogP contribution in [0.2, 0.25) is 0 Å². The molecule has 4 N–H and O–H groups in total. The Kier molecular flexibility index (Phi) is 6.63. The van der Waals surface area contributed by atoms with Crippen LogP contribution in [0.4, 0.5) is 5.82 Å². The van der Waals surface area contributed by atoms with Gasteiger partial charge in [-0.05, 0) is 44.0 Å². The number of carbonyl (C=O) groups excluding carboxylic acids is 1. The number of benzene rings is 1. The van der Waals surface area contributed by atoms with E-state index in [-0.39, 0.29) is 0 Å². The minimum atomic E-state index is -1.36. The number of carbonyl (C=O) groups is 2. The molecular formula is C21H24N4O4S. The second-order valence-corrected chi connectivity index (χ2v) is 8.10.